The minimum atomic E-state index is 0.569. The van der Waals surface area contributed by atoms with Gasteiger partial charge in [-0.3, -0.25) is 5.10 Å². The van der Waals surface area contributed by atoms with E-state index in [4.69, 9.17) is 16.3 Å². The Hall–Kier alpha value is -1.76. The van der Waals surface area contributed by atoms with Gasteiger partial charge in [0.15, 0.2) is 0 Å². The number of rotatable bonds is 7. The third-order valence-corrected chi connectivity index (χ3v) is 4.69. The first-order valence-electron chi connectivity index (χ1n) is 6.95. The highest BCUT2D eigenvalue weighted by atomic mass is 35.5. The molecule has 2 aromatic heterocycles. The van der Waals surface area contributed by atoms with Crippen LogP contribution in [0.3, 0.4) is 0 Å². The second-order valence-corrected chi connectivity index (χ2v) is 6.98. The van der Waals surface area contributed by atoms with Crippen molar-refractivity contribution in [1.82, 2.24) is 15.2 Å². The fraction of sp³-hybridized carbons (Fsp3) is 0.125. The minimum absolute atomic E-state index is 0.569. The maximum Gasteiger partial charge on any atom is 0.208 e. The SMILES string of the molecule is Clc1cccc(OCCSc2n[nH]c(/C=C/c3cccs3)n2)c1. The molecule has 7 heteroatoms. The molecule has 0 aliphatic rings. The van der Waals surface area contributed by atoms with Crippen molar-refractivity contribution in [2.45, 2.75) is 5.16 Å². The van der Waals surface area contributed by atoms with E-state index in [0.29, 0.717) is 16.8 Å². The molecule has 0 radical (unpaired) electrons. The van der Waals surface area contributed by atoms with Crippen molar-refractivity contribution in [2.75, 3.05) is 12.4 Å². The molecule has 0 saturated carbocycles. The maximum absolute atomic E-state index is 5.91. The molecular weight excluding hydrogens is 350 g/mol. The average Bonchev–Trinajstić information content (AvgIpc) is 3.21. The monoisotopic (exact) mass is 363 g/mol. The predicted octanol–water partition coefficient (Wildman–Crippen LogP) is 4.86. The summed E-state index contributed by atoms with van der Waals surface area (Å²) < 4.78 is 5.63. The number of nitrogens with one attached hydrogen (secondary N) is 1. The molecule has 3 rings (SSSR count). The van der Waals surface area contributed by atoms with Crippen molar-refractivity contribution in [1.29, 1.82) is 0 Å². The number of aromatic amines is 1. The molecule has 0 aliphatic heterocycles. The smallest absolute Gasteiger partial charge is 0.208 e. The number of thiophene rings is 1. The van der Waals surface area contributed by atoms with Crippen LogP contribution in [0.2, 0.25) is 5.02 Å². The van der Waals surface area contributed by atoms with Gasteiger partial charge in [-0.2, -0.15) is 0 Å². The molecule has 0 aliphatic carbocycles. The fourth-order valence-corrected chi connectivity index (χ4v) is 3.21. The van der Waals surface area contributed by atoms with Gasteiger partial charge in [-0.05, 0) is 41.8 Å². The van der Waals surface area contributed by atoms with E-state index >= 15 is 0 Å². The molecule has 1 N–H and O–H groups in total. The Kier molecular flexibility index (Phi) is 5.74. The van der Waals surface area contributed by atoms with E-state index in [1.807, 2.05) is 41.8 Å². The molecule has 0 saturated heterocycles. The molecule has 0 fully saturated rings. The van der Waals surface area contributed by atoms with Crippen molar-refractivity contribution in [2.24, 2.45) is 0 Å². The summed E-state index contributed by atoms with van der Waals surface area (Å²) in [4.78, 5) is 5.59. The Morgan fingerprint density at radius 2 is 2.22 bits per heavy atom. The van der Waals surface area contributed by atoms with Crippen LogP contribution in [0.15, 0.2) is 46.9 Å². The van der Waals surface area contributed by atoms with E-state index in [2.05, 4.69) is 21.2 Å². The Morgan fingerprint density at radius 3 is 3.04 bits per heavy atom. The topological polar surface area (TPSA) is 50.8 Å². The first-order valence-corrected chi connectivity index (χ1v) is 9.19. The Labute approximate surface area is 147 Å². The van der Waals surface area contributed by atoms with E-state index in [9.17, 15) is 0 Å². The van der Waals surface area contributed by atoms with Crippen LogP contribution < -0.4 is 4.74 Å². The molecule has 0 bridgehead atoms. The Morgan fingerprint density at radius 1 is 1.26 bits per heavy atom. The quantitative estimate of drug-likeness (QED) is 0.481. The van der Waals surface area contributed by atoms with Gasteiger partial charge in [0, 0.05) is 15.7 Å². The molecule has 118 valence electrons. The van der Waals surface area contributed by atoms with Crippen LogP contribution in [-0.2, 0) is 0 Å². The van der Waals surface area contributed by atoms with E-state index in [-0.39, 0.29) is 0 Å². The predicted molar refractivity (Wildman–Crippen MR) is 97.3 cm³/mol. The highest BCUT2D eigenvalue weighted by Gasteiger charge is 2.02. The maximum atomic E-state index is 5.91. The number of H-pyrrole nitrogens is 1. The molecule has 23 heavy (non-hydrogen) atoms. The second kappa shape index (κ2) is 8.19. The lowest BCUT2D eigenvalue weighted by Crippen LogP contribution is -2.00. The number of nitrogens with zero attached hydrogens (tertiary/aromatic N) is 2. The van der Waals surface area contributed by atoms with E-state index < -0.39 is 0 Å². The molecule has 0 atom stereocenters. The lowest BCUT2D eigenvalue weighted by atomic mass is 10.3. The lowest BCUT2D eigenvalue weighted by molar-refractivity contribution is 0.344. The van der Waals surface area contributed by atoms with Gasteiger partial charge in [-0.1, -0.05) is 35.5 Å². The normalized spacial score (nSPS) is 11.2. The molecule has 1 aromatic carbocycles. The summed E-state index contributed by atoms with van der Waals surface area (Å²) >= 11 is 9.14. The van der Waals surface area contributed by atoms with Crippen LogP contribution >= 0.6 is 34.7 Å². The second-order valence-electron chi connectivity index (χ2n) is 4.51. The number of halogens is 1. The van der Waals surface area contributed by atoms with Crippen molar-refractivity contribution in [3.63, 3.8) is 0 Å². The van der Waals surface area contributed by atoms with Gasteiger partial charge < -0.3 is 4.74 Å². The summed E-state index contributed by atoms with van der Waals surface area (Å²) in [5.41, 5.74) is 0. The van der Waals surface area contributed by atoms with Gasteiger partial charge >= 0.3 is 0 Å². The summed E-state index contributed by atoms with van der Waals surface area (Å²) in [5, 5.41) is 10.5. The van der Waals surface area contributed by atoms with Crippen LogP contribution in [0, 0.1) is 0 Å². The fourth-order valence-electron chi connectivity index (χ4n) is 1.79. The number of hydrogen-bond acceptors (Lipinski definition) is 5. The first-order chi connectivity index (χ1) is 11.3. The zero-order chi connectivity index (χ0) is 15.9. The minimum Gasteiger partial charge on any atom is -0.493 e. The zero-order valence-electron chi connectivity index (χ0n) is 12.1. The summed E-state index contributed by atoms with van der Waals surface area (Å²) in [6, 6.07) is 11.4. The van der Waals surface area contributed by atoms with Crippen molar-refractivity contribution in [3.05, 3.63) is 57.5 Å². The third kappa shape index (κ3) is 5.13. The van der Waals surface area contributed by atoms with E-state index in [1.165, 1.54) is 4.88 Å². The van der Waals surface area contributed by atoms with Crippen molar-refractivity contribution < 1.29 is 4.74 Å². The number of benzene rings is 1. The van der Waals surface area contributed by atoms with Gasteiger partial charge in [-0.25, -0.2) is 4.98 Å². The lowest BCUT2D eigenvalue weighted by Gasteiger charge is -2.04. The molecule has 2 heterocycles. The molecule has 4 nitrogen and oxygen atoms in total. The largest absolute Gasteiger partial charge is 0.493 e. The molecule has 0 unspecified atom stereocenters. The average molecular weight is 364 g/mol. The van der Waals surface area contributed by atoms with E-state index in [0.717, 1.165) is 17.3 Å². The van der Waals surface area contributed by atoms with Crippen molar-refractivity contribution in [3.8, 4) is 5.75 Å². The Balaban J connectivity index is 1.44. The van der Waals surface area contributed by atoms with Crippen LogP contribution in [-0.4, -0.2) is 27.5 Å². The van der Waals surface area contributed by atoms with Crippen LogP contribution in [0.25, 0.3) is 12.2 Å². The first kappa shape index (κ1) is 16.1. The van der Waals surface area contributed by atoms with Gasteiger partial charge in [0.05, 0.1) is 6.61 Å². The Bertz CT molecular complexity index is 771. The molecular formula is C16H14ClN3OS2. The van der Waals surface area contributed by atoms with Gasteiger partial charge in [0.2, 0.25) is 5.16 Å². The van der Waals surface area contributed by atoms with Crippen molar-refractivity contribution >= 4 is 46.9 Å². The van der Waals surface area contributed by atoms with Gasteiger partial charge in [0.25, 0.3) is 0 Å². The van der Waals surface area contributed by atoms with Crippen LogP contribution in [0.1, 0.15) is 10.7 Å². The number of ether oxygens (including phenoxy) is 1. The summed E-state index contributed by atoms with van der Waals surface area (Å²) in [6.45, 7) is 0.569. The summed E-state index contributed by atoms with van der Waals surface area (Å²) in [7, 11) is 0. The molecule has 0 spiro atoms. The van der Waals surface area contributed by atoms with Gasteiger partial charge in [-0.15, -0.1) is 16.4 Å². The summed E-state index contributed by atoms with van der Waals surface area (Å²) in [5.74, 6) is 2.28. The molecule has 0 amide bonds. The van der Waals surface area contributed by atoms with Gasteiger partial charge in [0.1, 0.15) is 11.6 Å². The zero-order valence-corrected chi connectivity index (χ0v) is 14.5. The van der Waals surface area contributed by atoms with Crippen LogP contribution in [0.4, 0.5) is 0 Å². The van der Waals surface area contributed by atoms with Crippen LogP contribution in [0.5, 0.6) is 5.75 Å². The molecule has 3 aromatic rings. The highest BCUT2D eigenvalue weighted by Crippen LogP contribution is 2.18. The highest BCUT2D eigenvalue weighted by molar-refractivity contribution is 7.99. The van der Waals surface area contributed by atoms with E-state index in [1.54, 1.807) is 29.2 Å². The third-order valence-electron chi connectivity index (χ3n) is 2.81. The summed E-state index contributed by atoms with van der Waals surface area (Å²) in [6.07, 6.45) is 3.94. The number of aromatic nitrogens is 3. The number of thioether (sulfide) groups is 1. The number of hydrogen-bond donors (Lipinski definition) is 1. The standard InChI is InChI=1S/C16H14ClN3OS2/c17-12-3-1-4-13(11-12)21-8-10-23-16-18-15(19-20-16)7-6-14-5-2-9-22-14/h1-7,9,11H,8,10H2,(H,18,19,20)/b7-6+.